The van der Waals surface area contributed by atoms with E-state index in [4.69, 9.17) is 4.74 Å². The van der Waals surface area contributed by atoms with Gasteiger partial charge in [-0.05, 0) is 30.2 Å². The fourth-order valence-corrected chi connectivity index (χ4v) is 3.96. The Hall–Kier alpha value is -0.660. The van der Waals surface area contributed by atoms with E-state index in [-0.39, 0.29) is 0 Å². The summed E-state index contributed by atoms with van der Waals surface area (Å²) in [4.78, 5) is 2.46. The van der Waals surface area contributed by atoms with Gasteiger partial charge in [0.15, 0.2) is 0 Å². The third kappa shape index (κ3) is 3.51. The van der Waals surface area contributed by atoms with Crippen molar-refractivity contribution < 1.29 is 4.74 Å². The Labute approximate surface area is 124 Å². The van der Waals surface area contributed by atoms with Crippen LogP contribution in [0.5, 0.6) is 0 Å². The number of thioether (sulfide) groups is 1. The molecule has 0 amide bonds. The van der Waals surface area contributed by atoms with Crippen LogP contribution in [0, 0.1) is 0 Å². The number of rotatable bonds is 5. The van der Waals surface area contributed by atoms with Gasteiger partial charge < -0.3 is 4.74 Å². The topological polar surface area (TPSA) is 56.1 Å². The first-order chi connectivity index (χ1) is 9.83. The van der Waals surface area contributed by atoms with Crippen molar-refractivity contribution in [3.63, 3.8) is 0 Å². The second kappa shape index (κ2) is 6.87. The maximum atomic E-state index is 5.56. The first-order valence-corrected chi connectivity index (χ1v) is 8.56. The van der Waals surface area contributed by atoms with E-state index >= 15 is 0 Å². The Kier molecular flexibility index (Phi) is 4.90. The molecule has 1 aromatic heterocycles. The van der Waals surface area contributed by atoms with Gasteiger partial charge in [0.2, 0.25) is 5.16 Å². The highest BCUT2D eigenvalue weighted by Gasteiger charge is 2.22. The van der Waals surface area contributed by atoms with Crippen molar-refractivity contribution in [1.82, 2.24) is 25.1 Å². The molecule has 2 fully saturated rings. The summed E-state index contributed by atoms with van der Waals surface area (Å²) < 4.78 is 7.60. The predicted molar refractivity (Wildman–Crippen MR) is 77.9 cm³/mol. The van der Waals surface area contributed by atoms with Crippen LogP contribution >= 0.6 is 11.8 Å². The van der Waals surface area contributed by atoms with E-state index in [0.717, 1.165) is 37.2 Å². The van der Waals surface area contributed by atoms with Crippen LogP contribution < -0.4 is 0 Å². The van der Waals surface area contributed by atoms with Gasteiger partial charge in [0.1, 0.15) is 0 Å². The molecule has 0 aromatic carbocycles. The molecule has 6 nitrogen and oxygen atoms in total. The monoisotopic (exact) mass is 297 g/mol. The smallest absolute Gasteiger partial charge is 0.209 e. The van der Waals surface area contributed by atoms with Crippen molar-refractivity contribution in [3.05, 3.63) is 0 Å². The Balaban J connectivity index is 1.47. The Morgan fingerprint density at radius 2 is 2.20 bits per heavy atom. The van der Waals surface area contributed by atoms with Gasteiger partial charge in [-0.1, -0.05) is 24.6 Å². The zero-order valence-corrected chi connectivity index (χ0v) is 12.9. The number of aromatic nitrogens is 4. The highest BCUT2D eigenvalue weighted by molar-refractivity contribution is 7.99. The van der Waals surface area contributed by atoms with E-state index in [1.165, 1.54) is 25.7 Å². The first kappa shape index (κ1) is 14.3. The normalized spacial score (nSPS) is 25.4. The van der Waals surface area contributed by atoms with Gasteiger partial charge in [-0.25, -0.2) is 4.68 Å². The molecular formula is C13H23N5OS. The fourth-order valence-electron chi connectivity index (χ4n) is 3.02. The molecule has 1 aliphatic carbocycles. The molecule has 20 heavy (non-hydrogen) atoms. The summed E-state index contributed by atoms with van der Waals surface area (Å²) in [6, 6.07) is 0.524. The molecular weight excluding hydrogens is 274 g/mol. The largest absolute Gasteiger partial charge is 0.376 e. The van der Waals surface area contributed by atoms with E-state index in [0.29, 0.717) is 12.1 Å². The lowest BCUT2D eigenvalue weighted by atomic mass is 10.3. The van der Waals surface area contributed by atoms with Crippen molar-refractivity contribution in [3.8, 4) is 0 Å². The summed E-state index contributed by atoms with van der Waals surface area (Å²) in [5, 5.41) is 13.2. The number of hydrogen-bond acceptors (Lipinski definition) is 6. The molecule has 0 spiro atoms. The van der Waals surface area contributed by atoms with Gasteiger partial charge in [0, 0.05) is 25.4 Å². The Morgan fingerprint density at radius 1 is 1.35 bits per heavy atom. The molecule has 0 radical (unpaired) electrons. The van der Waals surface area contributed by atoms with Crippen molar-refractivity contribution in [2.45, 2.75) is 49.9 Å². The molecule has 1 aromatic rings. The highest BCUT2D eigenvalue weighted by Crippen LogP contribution is 2.31. The molecule has 1 aliphatic heterocycles. The third-order valence-corrected chi connectivity index (χ3v) is 5.01. The van der Waals surface area contributed by atoms with Crippen molar-refractivity contribution in [1.29, 1.82) is 0 Å². The lowest BCUT2D eigenvalue weighted by Crippen LogP contribution is -2.42. The van der Waals surface area contributed by atoms with Gasteiger partial charge in [0.05, 0.1) is 18.8 Å². The number of hydrogen-bond donors (Lipinski definition) is 0. The minimum Gasteiger partial charge on any atom is -0.376 e. The van der Waals surface area contributed by atoms with Crippen LogP contribution in [0.15, 0.2) is 5.16 Å². The van der Waals surface area contributed by atoms with E-state index in [1.54, 1.807) is 11.8 Å². The molecule has 1 atom stereocenters. The SMILES string of the molecule is C[C@@H]1CN(CCSc2nnnn2C2CCCC2)CCO1. The molecule has 3 rings (SSSR count). The molecule has 2 heterocycles. The van der Waals surface area contributed by atoms with Crippen molar-refractivity contribution in [2.75, 3.05) is 32.0 Å². The molecule has 1 saturated carbocycles. The number of nitrogens with zero attached hydrogens (tertiary/aromatic N) is 5. The van der Waals surface area contributed by atoms with Gasteiger partial charge in [-0.2, -0.15) is 0 Å². The van der Waals surface area contributed by atoms with Crippen LogP contribution in [0.3, 0.4) is 0 Å². The summed E-state index contributed by atoms with van der Waals surface area (Å²) in [5.41, 5.74) is 0. The lowest BCUT2D eigenvalue weighted by Gasteiger charge is -2.30. The number of morpholine rings is 1. The average molecular weight is 297 g/mol. The molecule has 0 bridgehead atoms. The molecule has 2 aliphatic rings. The van der Waals surface area contributed by atoms with E-state index in [9.17, 15) is 0 Å². The minimum absolute atomic E-state index is 0.359. The van der Waals surface area contributed by atoms with Crippen molar-refractivity contribution >= 4 is 11.8 Å². The van der Waals surface area contributed by atoms with E-state index < -0.39 is 0 Å². The summed E-state index contributed by atoms with van der Waals surface area (Å²) in [7, 11) is 0. The van der Waals surface area contributed by atoms with Crippen LogP contribution in [-0.2, 0) is 4.74 Å². The Morgan fingerprint density at radius 3 is 3.00 bits per heavy atom. The standard InChI is InChI=1S/C13H23N5OS/c1-11-10-17(6-8-19-11)7-9-20-13-14-15-16-18(13)12-4-2-3-5-12/h11-12H,2-10H2,1H3/t11-/m1/s1. The number of ether oxygens (including phenoxy) is 1. The zero-order chi connectivity index (χ0) is 13.8. The highest BCUT2D eigenvalue weighted by atomic mass is 32.2. The summed E-state index contributed by atoms with van der Waals surface area (Å²) in [6.07, 6.45) is 5.41. The third-order valence-electron chi connectivity index (χ3n) is 4.10. The first-order valence-electron chi connectivity index (χ1n) is 7.57. The van der Waals surface area contributed by atoms with Crippen LogP contribution in [0.4, 0.5) is 0 Å². The van der Waals surface area contributed by atoms with Gasteiger partial charge >= 0.3 is 0 Å². The average Bonchev–Trinajstić information content (AvgIpc) is 3.09. The van der Waals surface area contributed by atoms with Crippen LogP contribution in [-0.4, -0.2) is 63.2 Å². The van der Waals surface area contributed by atoms with Crippen LogP contribution in [0.1, 0.15) is 38.6 Å². The molecule has 1 saturated heterocycles. The second-order valence-electron chi connectivity index (χ2n) is 5.67. The van der Waals surface area contributed by atoms with Gasteiger partial charge in [0.25, 0.3) is 0 Å². The molecule has 7 heteroatoms. The van der Waals surface area contributed by atoms with Crippen molar-refractivity contribution in [2.24, 2.45) is 0 Å². The second-order valence-corrected chi connectivity index (χ2v) is 6.74. The van der Waals surface area contributed by atoms with Crippen LogP contribution in [0.2, 0.25) is 0 Å². The summed E-state index contributed by atoms with van der Waals surface area (Å²) >= 11 is 1.78. The zero-order valence-electron chi connectivity index (χ0n) is 12.1. The quantitative estimate of drug-likeness (QED) is 0.770. The summed E-state index contributed by atoms with van der Waals surface area (Å²) in [6.45, 7) is 6.15. The predicted octanol–water partition coefficient (Wildman–Crippen LogP) is 1.60. The number of tetrazole rings is 1. The molecule has 0 unspecified atom stereocenters. The van der Waals surface area contributed by atoms with E-state index in [2.05, 4.69) is 27.3 Å². The van der Waals surface area contributed by atoms with Gasteiger partial charge in [-0.15, -0.1) is 5.10 Å². The van der Waals surface area contributed by atoms with Crippen LogP contribution in [0.25, 0.3) is 0 Å². The molecule has 0 N–H and O–H groups in total. The minimum atomic E-state index is 0.359. The van der Waals surface area contributed by atoms with E-state index in [1.807, 2.05) is 4.68 Å². The fraction of sp³-hybridized carbons (Fsp3) is 0.923. The van der Waals surface area contributed by atoms with Gasteiger partial charge in [-0.3, -0.25) is 4.90 Å². The Bertz CT molecular complexity index is 421. The lowest BCUT2D eigenvalue weighted by molar-refractivity contribution is -0.0158. The molecule has 112 valence electrons. The maximum absolute atomic E-state index is 5.56. The summed E-state index contributed by atoms with van der Waals surface area (Å²) in [5.74, 6) is 1.04. The maximum Gasteiger partial charge on any atom is 0.209 e.